The molecule has 0 aliphatic carbocycles. The van der Waals surface area contributed by atoms with Crippen molar-refractivity contribution in [3.8, 4) is 0 Å². The van der Waals surface area contributed by atoms with Crippen LogP contribution >= 0.6 is 11.8 Å². The minimum Gasteiger partial charge on any atom is -0.369 e. The molecule has 0 bridgehead atoms. The lowest BCUT2D eigenvalue weighted by Crippen LogP contribution is -2.09. The Bertz CT molecular complexity index is 263. The third-order valence-electron chi connectivity index (χ3n) is 1.51. The van der Waals surface area contributed by atoms with E-state index in [1.165, 1.54) is 0 Å². The Kier molecular flexibility index (Phi) is 4.02. The highest BCUT2D eigenvalue weighted by molar-refractivity contribution is 7.98. The number of anilines is 1. The molecule has 3 nitrogen and oxygen atoms in total. The van der Waals surface area contributed by atoms with E-state index in [2.05, 4.69) is 29.1 Å². The molecule has 0 atom stereocenters. The minimum atomic E-state index is 0.625. The number of hydrogen-bond acceptors (Lipinski definition) is 4. The molecule has 0 aliphatic heterocycles. The van der Waals surface area contributed by atoms with Crippen LogP contribution in [-0.4, -0.2) is 22.8 Å². The topological polar surface area (TPSA) is 37.8 Å². The van der Waals surface area contributed by atoms with Gasteiger partial charge in [0.2, 0.25) is 0 Å². The summed E-state index contributed by atoms with van der Waals surface area (Å²) >= 11 is 1.60. The van der Waals surface area contributed by atoms with Crippen LogP contribution < -0.4 is 5.32 Å². The predicted octanol–water partition coefficient (Wildman–Crippen LogP) is 2.27. The van der Waals surface area contributed by atoms with E-state index in [0.717, 1.165) is 17.4 Å². The predicted molar refractivity (Wildman–Crippen MR) is 57.1 cm³/mol. The van der Waals surface area contributed by atoms with Gasteiger partial charge >= 0.3 is 0 Å². The lowest BCUT2D eigenvalue weighted by molar-refractivity contribution is 0.686. The van der Waals surface area contributed by atoms with E-state index in [0.29, 0.717) is 5.92 Å². The summed E-state index contributed by atoms with van der Waals surface area (Å²) in [5.41, 5.74) is 0. The van der Waals surface area contributed by atoms with E-state index in [9.17, 15) is 0 Å². The fourth-order valence-electron chi connectivity index (χ4n) is 0.840. The summed E-state index contributed by atoms with van der Waals surface area (Å²) in [6.07, 6.45) is 5.52. The zero-order valence-corrected chi connectivity index (χ0v) is 9.06. The molecular formula is C9H15N3S. The molecule has 1 N–H and O–H groups in total. The van der Waals surface area contributed by atoms with Gasteiger partial charge in [-0.3, -0.25) is 4.98 Å². The van der Waals surface area contributed by atoms with Crippen molar-refractivity contribution in [1.29, 1.82) is 0 Å². The van der Waals surface area contributed by atoms with Crippen LogP contribution in [0.4, 0.5) is 5.82 Å². The first-order valence-corrected chi connectivity index (χ1v) is 5.54. The van der Waals surface area contributed by atoms with Crippen molar-refractivity contribution in [2.75, 3.05) is 18.1 Å². The standard InChI is InChI=1S/C9H15N3S/c1-7(2)4-11-8-5-10-6-9(12-8)13-3/h5-7H,4H2,1-3H3,(H,11,12). The second kappa shape index (κ2) is 5.07. The van der Waals surface area contributed by atoms with Crippen molar-refractivity contribution in [3.05, 3.63) is 12.4 Å². The van der Waals surface area contributed by atoms with Crippen molar-refractivity contribution in [1.82, 2.24) is 9.97 Å². The van der Waals surface area contributed by atoms with Gasteiger partial charge in [0.25, 0.3) is 0 Å². The van der Waals surface area contributed by atoms with Crippen LogP contribution in [0.3, 0.4) is 0 Å². The van der Waals surface area contributed by atoms with Crippen LogP contribution in [0.1, 0.15) is 13.8 Å². The van der Waals surface area contributed by atoms with E-state index in [4.69, 9.17) is 0 Å². The first-order chi connectivity index (χ1) is 6.22. The molecule has 0 saturated heterocycles. The smallest absolute Gasteiger partial charge is 0.145 e. The van der Waals surface area contributed by atoms with Gasteiger partial charge in [-0.25, -0.2) is 4.98 Å². The van der Waals surface area contributed by atoms with E-state index >= 15 is 0 Å². The number of rotatable bonds is 4. The van der Waals surface area contributed by atoms with Crippen molar-refractivity contribution >= 4 is 17.6 Å². The van der Waals surface area contributed by atoms with Crippen LogP contribution in [0.2, 0.25) is 0 Å². The molecule has 0 aromatic carbocycles. The first kappa shape index (κ1) is 10.3. The Morgan fingerprint density at radius 2 is 2.23 bits per heavy atom. The highest BCUT2D eigenvalue weighted by Crippen LogP contribution is 2.12. The molecule has 0 fully saturated rings. The number of nitrogens with zero attached hydrogens (tertiary/aromatic N) is 2. The van der Waals surface area contributed by atoms with Gasteiger partial charge in [-0.15, -0.1) is 11.8 Å². The number of thioether (sulfide) groups is 1. The second-order valence-corrected chi connectivity index (χ2v) is 4.05. The summed E-state index contributed by atoms with van der Waals surface area (Å²) in [7, 11) is 0. The Hall–Kier alpha value is -0.770. The average molecular weight is 197 g/mol. The van der Waals surface area contributed by atoms with Gasteiger partial charge in [-0.05, 0) is 12.2 Å². The van der Waals surface area contributed by atoms with Gasteiger partial charge in [0.1, 0.15) is 10.8 Å². The monoisotopic (exact) mass is 197 g/mol. The Balaban J connectivity index is 2.56. The fourth-order valence-corrected chi connectivity index (χ4v) is 1.20. The summed E-state index contributed by atoms with van der Waals surface area (Å²) in [4.78, 5) is 8.44. The SMILES string of the molecule is CSc1cncc(NCC(C)C)n1. The summed E-state index contributed by atoms with van der Waals surface area (Å²) < 4.78 is 0. The molecule has 0 saturated carbocycles. The van der Waals surface area contributed by atoms with Gasteiger partial charge in [0.15, 0.2) is 0 Å². The number of aromatic nitrogens is 2. The fraction of sp³-hybridized carbons (Fsp3) is 0.556. The first-order valence-electron chi connectivity index (χ1n) is 4.32. The van der Waals surface area contributed by atoms with Gasteiger partial charge in [0, 0.05) is 6.54 Å². The van der Waals surface area contributed by atoms with Crippen LogP contribution in [0.5, 0.6) is 0 Å². The molecule has 0 radical (unpaired) electrons. The van der Waals surface area contributed by atoms with E-state index < -0.39 is 0 Å². The molecule has 0 unspecified atom stereocenters. The lowest BCUT2D eigenvalue weighted by atomic mass is 10.2. The molecule has 1 heterocycles. The molecule has 4 heteroatoms. The third-order valence-corrected chi connectivity index (χ3v) is 2.13. The summed E-state index contributed by atoms with van der Waals surface area (Å²) in [6.45, 7) is 5.27. The maximum atomic E-state index is 4.35. The van der Waals surface area contributed by atoms with Crippen LogP contribution in [0, 0.1) is 5.92 Å². The zero-order chi connectivity index (χ0) is 9.68. The normalized spacial score (nSPS) is 10.5. The lowest BCUT2D eigenvalue weighted by Gasteiger charge is -2.07. The van der Waals surface area contributed by atoms with Crippen molar-refractivity contribution in [2.24, 2.45) is 5.92 Å². The quantitative estimate of drug-likeness (QED) is 0.751. The Labute approximate surface area is 83.4 Å². The van der Waals surface area contributed by atoms with Gasteiger partial charge < -0.3 is 5.32 Å². The Morgan fingerprint density at radius 1 is 1.46 bits per heavy atom. The highest BCUT2D eigenvalue weighted by Gasteiger charge is 1.98. The zero-order valence-electron chi connectivity index (χ0n) is 8.24. The van der Waals surface area contributed by atoms with Crippen LogP contribution in [0.25, 0.3) is 0 Å². The maximum absolute atomic E-state index is 4.35. The molecule has 1 aromatic rings. The molecule has 1 aromatic heterocycles. The summed E-state index contributed by atoms with van der Waals surface area (Å²) in [6, 6.07) is 0. The van der Waals surface area contributed by atoms with Crippen molar-refractivity contribution in [2.45, 2.75) is 18.9 Å². The van der Waals surface area contributed by atoms with Crippen LogP contribution in [-0.2, 0) is 0 Å². The largest absolute Gasteiger partial charge is 0.369 e. The van der Waals surface area contributed by atoms with Crippen LogP contribution in [0.15, 0.2) is 17.4 Å². The van der Waals surface area contributed by atoms with E-state index in [1.807, 2.05) is 6.26 Å². The molecule has 0 aliphatic rings. The maximum Gasteiger partial charge on any atom is 0.145 e. The second-order valence-electron chi connectivity index (χ2n) is 3.22. The highest BCUT2D eigenvalue weighted by atomic mass is 32.2. The van der Waals surface area contributed by atoms with E-state index in [-0.39, 0.29) is 0 Å². The molecule has 1 rings (SSSR count). The molecule has 13 heavy (non-hydrogen) atoms. The molecule has 72 valence electrons. The van der Waals surface area contributed by atoms with Crippen molar-refractivity contribution < 1.29 is 0 Å². The van der Waals surface area contributed by atoms with Crippen molar-refractivity contribution in [3.63, 3.8) is 0 Å². The Morgan fingerprint density at radius 3 is 2.85 bits per heavy atom. The average Bonchev–Trinajstić information content (AvgIpc) is 2.15. The molecule has 0 spiro atoms. The van der Waals surface area contributed by atoms with Gasteiger partial charge in [-0.2, -0.15) is 0 Å². The van der Waals surface area contributed by atoms with Gasteiger partial charge in [-0.1, -0.05) is 13.8 Å². The number of hydrogen-bond donors (Lipinski definition) is 1. The molecule has 0 amide bonds. The van der Waals surface area contributed by atoms with Gasteiger partial charge in [0.05, 0.1) is 12.4 Å². The summed E-state index contributed by atoms with van der Waals surface area (Å²) in [5, 5.41) is 4.18. The third kappa shape index (κ3) is 3.63. The number of nitrogens with one attached hydrogen (secondary N) is 1. The molecular weight excluding hydrogens is 182 g/mol. The summed E-state index contributed by atoms with van der Waals surface area (Å²) in [5.74, 6) is 1.49. The minimum absolute atomic E-state index is 0.625. The van der Waals surface area contributed by atoms with E-state index in [1.54, 1.807) is 24.2 Å².